The second kappa shape index (κ2) is 6.60. The molecule has 0 spiro atoms. The predicted molar refractivity (Wildman–Crippen MR) is 87.2 cm³/mol. The first kappa shape index (κ1) is 15.8. The highest BCUT2D eigenvalue weighted by atomic mass is 16.5. The molecule has 1 saturated heterocycles. The number of amides is 2. The Kier molecular flexibility index (Phi) is 4.55. The Labute approximate surface area is 137 Å². The predicted octanol–water partition coefficient (Wildman–Crippen LogP) is 2.45. The number of aryl methyl sites for hydroxylation is 1. The Morgan fingerprint density at radius 3 is 2.87 bits per heavy atom. The average Bonchev–Trinajstić information content (AvgIpc) is 2.69. The summed E-state index contributed by atoms with van der Waals surface area (Å²) in [4.78, 5) is 25.7. The number of cyclic esters (lactones) is 1. The van der Waals surface area contributed by atoms with Gasteiger partial charge in [-0.25, -0.2) is 4.79 Å². The first-order valence-electron chi connectivity index (χ1n) is 8.28. The molecule has 1 N–H and O–H groups in total. The fourth-order valence-electron chi connectivity index (χ4n) is 3.43. The molecule has 2 fully saturated rings. The molecular formula is C18H24N2O3. The molecule has 1 aliphatic heterocycles. The summed E-state index contributed by atoms with van der Waals surface area (Å²) in [5.41, 5.74) is 2.65. The third-order valence-electron chi connectivity index (χ3n) is 5.06. The maximum atomic E-state index is 12.6. The van der Waals surface area contributed by atoms with Gasteiger partial charge >= 0.3 is 6.09 Å². The molecule has 0 radical (unpaired) electrons. The molecule has 23 heavy (non-hydrogen) atoms. The largest absolute Gasteiger partial charge is 0.450 e. The highest BCUT2D eigenvalue weighted by Crippen LogP contribution is 2.40. The molecule has 0 aromatic heterocycles. The molecule has 1 aromatic carbocycles. The van der Waals surface area contributed by atoms with Gasteiger partial charge in [0.25, 0.3) is 0 Å². The molecule has 1 aromatic rings. The molecule has 1 heterocycles. The van der Waals surface area contributed by atoms with Crippen LogP contribution >= 0.6 is 0 Å². The average molecular weight is 316 g/mol. The van der Waals surface area contributed by atoms with Crippen molar-refractivity contribution >= 4 is 12.0 Å². The van der Waals surface area contributed by atoms with Crippen molar-refractivity contribution in [3.05, 3.63) is 35.4 Å². The summed E-state index contributed by atoms with van der Waals surface area (Å²) in [6.45, 7) is 2.79. The second-order valence-electron chi connectivity index (χ2n) is 6.69. The zero-order valence-electron chi connectivity index (χ0n) is 13.7. The number of ether oxygens (including phenoxy) is 1. The zero-order chi connectivity index (χ0) is 16.4. The van der Waals surface area contributed by atoms with Gasteiger partial charge in [0.2, 0.25) is 5.91 Å². The van der Waals surface area contributed by atoms with Gasteiger partial charge < -0.3 is 15.0 Å². The van der Waals surface area contributed by atoms with E-state index in [2.05, 4.69) is 36.5 Å². The van der Waals surface area contributed by atoms with Gasteiger partial charge in [-0.3, -0.25) is 4.79 Å². The number of carbonyl (C=O) groups is 2. The van der Waals surface area contributed by atoms with Gasteiger partial charge in [0.05, 0.1) is 12.5 Å². The van der Waals surface area contributed by atoms with E-state index in [0.29, 0.717) is 31.5 Å². The Morgan fingerprint density at radius 1 is 1.35 bits per heavy atom. The lowest BCUT2D eigenvalue weighted by Crippen LogP contribution is -2.48. The fourth-order valence-corrected chi connectivity index (χ4v) is 3.43. The van der Waals surface area contributed by atoms with Gasteiger partial charge in [-0.05, 0) is 37.7 Å². The molecular weight excluding hydrogens is 292 g/mol. The Morgan fingerprint density at radius 2 is 2.13 bits per heavy atom. The monoisotopic (exact) mass is 316 g/mol. The molecule has 1 aliphatic carbocycles. The van der Waals surface area contributed by atoms with Crippen LogP contribution < -0.4 is 5.32 Å². The third kappa shape index (κ3) is 3.49. The van der Waals surface area contributed by atoms with E-state index in [9.17, 15) is 9.59 Å². The van der Waals surface area contributed by atoms with Crippen molar-refractivity contribution in [2.75, 3.05) is 20.2 Å². The third-order valence-corrected chi connectivity index (χ3v) is 5.06. The van der Waals surface area contributed by atoms with Gasteiger partial charge in [0.1, 0.15) is 0 Å². The van der Waals surface area contributed by atoms with E-state index < -0.39 is 6.09 Å². The molecule has 5 nitrogen and oxygen atoms in total. The maximum Gasteiger partial charge on any atom is 0.407 e. The fraction of sp³-hybridized carbons (Fsp3) is 0.556. The summed E-state index contributed by atoms with van der Waals surface area (Å²) in [7, 11) is 1.88. The zero-order valence-corrected chi connectivity index (χ0v) is 13.7. The highest BCUT2D eigenvalue weighted by Gasteiger charge is 2.37. The minimum atomic E-state index is -0.425. The summed E-state index contributed by atoms with van der Waals surface area (Å²) in [5, 5.41) is 2.64. The molecule has 0 unspecified atom stereocenters. The Balaban J connectivity index is 1.54. The minimum Gasteiger partial charge on any atom is -0.450 e. The number of nitrogens with one attached hydrogen (secondary N) is 1. The summed E-state index contributed by atoms with van der Waals surface area (Å²) in [5.74, 6) is 0.486. The van der Waals surface area contributed by atoms with Crippen LogP contribution in [0.3, 0.4) is 0 Å². The first-order chi connectivity index (χ1) is 11.0. The van der Waals surface area contributed by atoms with Crippen molar-refractivity contribution in [1.82, 2.24) is 10.2 Å². The standard InChI is InChI=1S/C18H24N2O3/c1-12-4-3-5-13(8-12)15-9-16(10-15)20(2)17(21)14-6-7-23-18(22)19-11-14/h3-5,8,14-16H,6-7,9-11H2,1-2H3,(H,19,22)/t14-,15?,16?/m1/s1. The molecule has 124 valence electrons. The molecule has 1 atom stereocenters. The van der Waals surface area contributed by atoms with Crippen LogP contribution in [0.25, 0.3) is 0 Å². The summed E-state index contributed by atoms with van der Waals surface area (Å²) < 4.78 is 4.93. The lowest BCUT2D eigenvalue weighted by atomic mass is 9.74. The Hall–Kier alpha value is -2.04. The maximum absolute atomic E-state index is 12.6. The molecule has 2 aliphatic rings. The van der Waals surface area contributed by atoms with Crippen LogP contribution in [-0.2, 0) is 9.53 Å². The van der Waals surface area contributed by atoms with Crippen molar-refractivity contribution in [2.24, 2.45) is 5.92 Å². The summed E-state index contributed by atoms with van der Waals surface area (Å²) >= 11 is 0. The van der Waals surface area contributed by atoms with Crippen LogP contribution in [0.1, 0.15) is 36.3 Å². The molecule has 5 heteroatoms. The minimum absolute atomic E-state index is 0.114. The van der Waals surface area contributed by atoms with E-state index >= 15 is 0 Å². The number of alkyl carbamates (subject to hydrolysis) is 1. The van der Waals surface area contributed by atoms with Crippen LogP contribution in [0.4, 0.5) is 4.79 Å². The number of hydrogen-bond donors (Lipinski definition) is 1. The van der Waals surface area contributed by atoms with E-state index in [1.807, 2.05) is 11.9 Å². The van der Waals surface area contributed by atoms with Crippen molar-refractivity contribution in [3.8, 4) is 0 Å². The smallest absolute Gasteiger partial charge is 0.407 e. The van der Waals surface area contributed by atoms with Crippen LogP contribution in [0.15, 0.2) is 24.3 Å². The highest BCUT2D eigenvalue weighted by molar-refractivity contribution is 5.80. The summed E-state index contributed by atoms with van der Waals surface area (Å²) in [6.07, 6.45) is 2.20. The topological polar surface area (TPSA) is 58.6 Å². The van der Waals surface area contributed by atoms with Crippen LogP contribution in [0.2, 0.25) is 0 Å². The number of rotatable bonds is 3. The van der Waals surface area contributed by atoms with Crippen LogP contribution in [-0.4, -0.2) is 43.1 Å². The Bertz CT molecular complexity index is 596. The van der Waals surface area contributed by atoms with Gasteiger partial charge in [-0.2, -0.15) is 0 Å². The van der Waals surface area contributed by atoms with Gasteiger partial charge in [-0.1, -0.05) is 29.8 Å². The number of nitrogens with zero attached hydrogens (tertiary/aromatic N) is 1. The van der Waals surface area contributed by atoms with Crippen molar-refractivity contribution in [1.29, 1.82) is 0 Å². The van der Waals surface area contributed by atoms with Crippen LogP contribution in [0.5, 0.6) is 0 Å². The van der Waals surface area contributed by atoms with E-state index in [1.54, 1.807) is 0 Å². The normalized spacial score (nSPS) is 27.2. The second-order valence-corrected chi connectivity index (χ2v) is 6.69. The molecule has 1 saturated carbocycles. The van der Waals surface area contributed by atoms with Crippen molar-refractivity contribution in [2.45, 2.75) is 38.1 Å². The quantitative estimate of drug-likeness (QED) is 0.932. The van der Waals surface area contributed by atoms with E-state index in [1.165, 1.54) is 11.1 Å². The van der Waals surface area contributed by atoms with Crippen molar-refractivity contribution < 1.29 is 14.3 Å². The van der Waals surface area contributed by atoms with Crippen molar-refractivity contribution in [3.63, 3.8) is 0 Å². The lowest BCUT2D eigenvalue weighted by molar-refractivity contribution is -0.138. The van der Waals surface area contributed by atoms with E-state index in [0.717, 1.165) is 12.8 Å². The van der Waals surface area contributed by atoms with Gasteiger partial charge in [-0.15, -0.1) is 0 Å². The number of carbonyl (C=O) groups excluding carboxylic acids is 2. The first-order valence-corrected chi connectivity index (χ1v) is 8.28. The van der Waals surface area contributed by atoms with Gasteiger partial charge in [0, 0.05) is 19.6 Å². The molecule has 0 bridgehead atoms. The van der Waals surface area contributed by atoms with Gasteiger partial charge in [0.15, 0.2) is 0 Å². The van der Waals surface area contributed by atoms with E-state index in [-0.39, 0.29) is 11.8 Å². The van der Waals surface area contributed by atoms with E-state index in [4.69, 9.17) is 4.74 Å². The molecule has 2 amide bonds. The van der Waals surface area contributed by atoms with Crippen LogP contribution in [0, 0.1) is 12.8 Å². The number of benzene rings is 1. The molecule has 3 rings (SSSR count). The number of hydrogen-bond acceptors (Lipinski definition) is 3. The summed E-state index contributed by atoms with van der Waals surface area (Å²) in [6, 6.07) is 8.92. The lowest BCUT2D eigenvalue weighted by Gasteiger charge is -2.42. The SMILES string of the molecule is Cc1cccc(C2CC(N(C)C(=O)[C@@H]3CCOC(=O)NC3)C2)c1.